The smallest absolute Gasteiger partial charge is 0.323 e. The van der Waals surface area contributed by atoms with Crippen LogP contribution in [0.15, 0.2) is 30.3 Å². The van der Waals surface area contributed by atoms with E-state index in [2.05, 4.69) is 20.3 Å². The summed E-state index contributed by atoms with van der Waals surface area (Å²) in [6.45, 7) is 2.40. The van der Waals surface area contributed by atoms with E-state index in [1.54, 1.807) is 0 Å². The van der Waals surface area contributed by atoms with Gasteiger partial charge in [0.1, 0.15) is 0 Å². The van der Waals surface area contributed by atoms with Gasteiger partial charge in [0.25, 0.3) is 0 Å². The second kappa shape index (κ2) is 7.39. The van der Waals surface area contributed by atoms with Crippen LogP contribution in [-0.2, 0) is 0 Å². The monoisotopic (exact) mass is 289 g/mol. The van der Waals surface area contributed by atoms with E-state index >= 15 is 0 Å². The number of rotatable bonds is 7. The highest BCUT2D eigenvalue weighted by Gasteiger charge is 2.13. The SMILES string of the molecule is CCCOc1nc(N)nc(NC(CO)c2ccccc2)n1. The van der Waals surface area contributed by atoms with Crippen LogP contribution < -0.4 is 15.8 Å². The lowest BCUT2D eigenvalue weighted by Gasteiger charge is -2.17. The number of aromatic nitrogens is 3. The third-order valence-electron chi connectivity index (χ3n) is 2.76. The fourth-order valence-corrected chi connectivity index (χ4v) is 1.77. The van der Waals surface area contributed by atoms with Crippen LogP contribution in [-0.4, -0.2) is 33.3 Å². The molecule has 0 aliphatic rings. The van der Waals surface area contributed by atoms with Gasteiger partial charge >= 0.3 is 6.01 Å². The number of aliphatic hydroxyl groups is 1. The number of nitrogen functional groups attached to an aromatic ring is 1. The summed E-state index contributed by atoms with van der Waals surface area (Å²) in [5.74, 6) is 0.347. The fraction of sp³-hybridized carbons (Fsp3) is 0.357. The summed E-state index contributed by atoms with van der Waals surface area (Å²) in [4.78, 5) is 12.1. The first-order chi connectivity index (χ1) is 10.2. The van der Waals surface area contributed by atoms with Crippen molar-refractivity contribution in [3.8, 4) is 6.01 Å². The third-order valence-corrected chi connectivity index (χ3v) is 2.76. The molecule has 0 saturated heterocycles. The first kappa shape index (κ1) is 15.0. The zero-order chi connectivity index (χ0) is 15.1. The molecule has 2 aromatic rings. The van der Waals surface area contributed by atoms with Crippen LogP contribution in [0.3, 0.4) is 0 Å². The van der Waals surface area contributed by atoms with Gasteiger partial charge in [-0.1, -0.05) is 37.3 Å². The molecule has 0 aliphatic carbocycles. The molecule has 112 valence electrons. The van der Waals surface area contributed by atoms with Gasteiger partial charge < -0.3 is 20.9 Å². The molecule has 0 saturated carbocycles. The zero-order valence-electron chi connectivity index (χ0n) is 11.9. The largest absolute Gasteiger partial charge is 0.463 e. The Bertz CT molecular complexity index is 565. The van der Waals surface area contributed by atoms with Gasteiger partial charge in [-0.2, -0.15) is 15.0 Å². The van der Waals surface area contributed by atoms with Gasteiger partial charge in [-0.25, -0.2) is 0 Å². The van der Waals surface area contributed by atoms with Gasteiger partial charge in [0, 0.05) is 0 Å². The molecule has 0 spiro atoms. The van der Waals surface area contributed by atoms with E-state index in [0.29, 0.717) is 6.61 Å². The zero-order valence-corrected chi connectivity index (χ0v) is 11.9. The lowest BCUT2D eigenvalue weighted by molar-refractivity contribution is 0.274. The van der Waals surface area contributed by atoms with Gasteiger partial charge in [-0.15, -0.1) is 0 Å². The second-order valence-corrected chi connectivity index (χ2v) is 4.44. The summed E-state index contributed by atoms with van der Waals surface area (Å²) in [7, 11) is 0. The predicted molar refractivity (Wildman–Crippen MR) is 79.9 cm³/mol. The number of anilines is 2. The van der Waals surface area contributed by atoms with E-state index in [1.807, 2.05) is 37.3 Å². The van der Waals surface area contributed by atoms with Crippen molar-refractivity contribution in [3.05, 3.63) is 35.9 Å². The molecule has 21 heavy (non-hydrogen) atoms. The van der Waals surface area contributed by atoms with Crippen molar-refractivity contribution >= 4 is 11.9 Å². The van der Waals surface area contributed by atoms with Crippen LogP contribution >= 0.6 is 0 Å². The molecule has 1 heterocycles. The fourth-order valence-electron chi connectivity index (χ4n) is 1.77. The van der Waals surface area contributed by atoms with Crippen molar-refractivity contribution in [2.24, 2.45) is 0 Å². The minimum atomic E-state index is -0.327. The number of ether oxygens (including phenoxy) is 1. The molecule has 1 unspecified atom stereocenters. The lowest BCUT2D eigenvalue weighted by Crippen LogP contribution is -2.18. The molecule has 0 amide bonds. The van der Waals surface area contributed by atoms with Crippen LogP contribution in [0.1, 0.15) is 24.9 Å². The van der Waals surface area contributed by atoms with Crippen molar-refractivity contribution < 1.29 is 9.84 Å². The van der Waals surface area contributed by atoms with Crippen LogP contribution in [0.4, 0.5) is 11.9 Å². The summed E-state index contributed by atoms with van der Waals surface area (Å²) < 4.78 is 5.35. The normalized spacial score (nSPS) is 11.9. The summed E-state index contributed by atoms with van der Waals surface area (Å²) in [5.41, 5.74) is 6.57. The van der Waals surface area contributed by atoms with E-state index in [1.165, 1.54) is 0 Å². The molecule has 2 rings (SSSR count). The number of nitrogens with zero attached hydrogens (tertiary/aromatic N) is 3. The molecule has 7 heteroatoms. The molecule has 1 atom stereocenters. The summed E-state index contributed by atoms with van der Waals surface area (Å²) >= 11 is 0. The Morgan fingerprint density at radius 3 is 2.67 bits per heavy atom. The summed E-state index contributed by atoms with van der Waals surface area (Å²) in [5, 5.41) is 12.6. The quantitative estimate of drug-likeness (QED) is 0.707. The average Bonchev–Trinajstić information content (AvgIpc) is 2.51. The number of hydrogen-bond acceptors (Lipinski definition) is 7. The Balaban J connectivity index is 2.15. The van der Waals surface area contributed by atoms with Gasteiger partial charge in [-0.3, -0.25) is 0 Å². The predicted octanol–water partition coefficient (Wildman–Crippen LogP) is 1.39. The highest BCUT2D eigenvalue weighted by Crippen LogP contribution is 2.18. The molecule has 0 radical (unpaired) electrons. The van der Waals surface area contributed by atoms with E-state index in [4.69, 9.17) is 10.5 Å². The minimum absolute atomic E-state index is 0.0726. The first-order valence-electron chi connectivity index (χ1n) is 6.79. The molecule has 0 bridgehead atoms. The molecule has 4 N–H and O–H groups in total. The van der Waals surface area contributed by atoms with Crippen molar-refractivity contribution in [2.45, 2.75) is 19.4 Å². The molecule has 1 aromatic heterocycles. The number of hydrogen-bond donors (Lipinski definition) is 3. The summed E-state index contributed by atoms with van der Waals surface area (Å²) in [6.07, 6.45) is 0.845. The van der Waals surface area contributed by atoms with Crippen molar-refractivity contribution in [1.82, 2.24) is 15.0 Å². The van der Waals surface area contributed by atoms with Gasteiger partial charge in [0.15, 0.2) is 0 Å². The Morgan fingerprint density at radius 2 is 2.00 bits per heavy atom. The third kappa shape index (κ3) is 4.28. The molecular formula is C14H19N5O2. The highest BCUT2D eigenvalue weighted by molar-refractivity contribution is 5.36. The van der Waals surface area contributed by atoms with Crippen molar-refractivity contribution in [3.63, 3.8) is 0 Å². The van der Waals surface area contributed by atoms with E-state index in [9.17, 15) is 5.11 Å². The molecule has 0 fully saturated rings. The minimum Gasteiger partial charge on any atom is -0.463 e. The van der Waals surface area contributed by atoms with Gasteiger partial charge in [0.05, 0.1) is 19.3 Å². The Kier molecular flexibility index (Phi) is 5.28. The maximum atomic E-state index is 9.52. The lowest BCUT2D eigenvalue weighted by atomic mass is 10.1. The van der Waals surface area contributed by atoms with E-state index in [-0.39, 0.29) is 30.6 Å². The maximum Gasteiger partial charge on any atom is 0.323 e. The second-order valence-electron chi connectivity index (χ2n) is 4.44. The van der Waals surface area contributed by atoms with Gasteiger partial charge in [0.2, 0.25) is 11.9 Å². The van der Waals surface area contributed by atoms with Crippen molar-refractivity contribution in [2.75, 3.05) is 24.3 Å². The van der Waals surface area contributed by atoms with E-state index < -0.39 is 0 Å². The number of nitrogens with two attached hydrogens (primary N) is 1. The molecular weight excluding hydrogens is 270 g/mol. The number of nitrogens with one attached hydrogen (secondary N) is 1. The average molecular weight is 289 g/mol. The van der Waals surface area contributed by atoms with Crippen LogP contribution in [0.2, 0.25) is 0 Å². The van der Waals surface area contributed by atoms with Crippen molar-refractivity contribution in [1.29, 1.82) is 0 Å². The van der Waals surface area contributed by atoms with Crippen LogP contribution in [0.5, 0.6) is 6.01 Å². The first-order valence-corrected chi connectivity index (χ1v) is 6.79. The number of benzene rings is 1. The summed E-state index contributed by atoms with van der Waals surface area (Å²) in [6, 6.07) is 9.38. The van der Waals surface area contributed by atoms with E-state index in [0.717, 1.165) is 12.0 Å². The maximum absolute atomic E-state index is 9.52. The number of aliphatic hydroxyl groups excluding tert-OH is 1. The topological polar surface area (TPSA) is 106 Å². The standard InChI is InChI=1S/C14H19N5O2/c1-2-8-21-14-18-12(15)17-13(19-14)16-11(9-20)10-6-4-3-5-7-10/h3-7,11,20H,2,8-9H2,1H3,(H3,15,16,17,18,19). The van der Waals surface area contributed by atoms with Crippen LogP contribution in [0, 0.1) is 0 Å². The highest BCUT2D eigenvalue weighted by atomic mass is 16.5. The van der Waals surface area contributed by atoms with Gasteiger partial charge in [-0.05, 0) is 12.0 Å². The molecule has 0 aliphatic heterocycles. The van der Waals surface area contributed by atoms with Crippen LogP contribution in [0.25, 0.3) is 0 Å². The molecule has 1 aromatic carbocycles. The Labute approximate surface area is 123 Å². The Hall–Kier alpha value is -2.41. The Morgan fingerprint density at radius 1 is 1.24 bits per heavy atom. The molecule has 7 nitrogen and oxygen atoms in total.